The van der Waals surface area contributed by atoms with Crippen LogP contribution in [0.15, 0.2) is 23.1 Å². The van der Waals surface area contributed by atoms with Crippen LogP contribution in [-0.4, -0.2) is 17.2 Å². The summed E-state index contributed by atoms with van der Waals surface area (Å²) in [6, 6.07) is 5.02. The standard InChI is InChI=1S/C7H10BNO2S/c9-4-5-1-6(8(10)11)3-7(12)2-5/h1-3,10-12H,4,9H2. The molecule has 0 aliphatic heterocycles. The molecule has 0 heterocycles. The summed E-state index contributed by atoms with van der Waals surface area (Å²) < 4.78 is 0. The minimum absolute atomic E-state index is 0.369. The van der Waals surface area contributed by atoms with Crippen LogP contribution in [-0.2, 0) is 6.54 Å². The third-order valence-electron chi connectivity index (χ3n) is 1.53. The Hall–Kier alpha value is -0.485. The van der Waals surface area contributed by atoms with E-state index in [1.54, 1.807) is 18.2 Å². The van der Waals surface area contributed by atoms with Crippen molar-refractivity contribution in [2.24, 2.45) is 5.73 Å². The van der Waals surface area contributed by atoms with Crippen molar-refractivity contribution in [2.75, 3.05) is 0 Å². The highest BCUT2D eigenvalue weighted by Gasteiger charge is 2.11. The molecule has 0 unspecified atom stereocenters. The molecule has 0 aliphatic rings. The van der Waals surface area contributed by atoms with E-state index < -0.39 is 7.12 Å². The van der Waals surface area contributed by atoms with Gasteiger partial charge in [0.2, 0.25) is 0 Å². The van der Waals surface area contributed by atoms with Gasteiger partial charge in [0.25, 0.3) is 0 Å². The maximum Gasteiger partial charge on any atom is 0.488 e. The third-order valence-corrected chi connectivity index (χ3v) is 1.79. The van der Waals surface area contributed by atoms with E-state index in [2.05, 4.69) is 12.6 Å². The number of hydrogen-bond acceptors (Lipinski definition) is 4. The average molecular weight is 183 g/mol. The quantitative estimate of drug-likeness (QED) is 0.355. The molecule has 1 aromatic carbocycles. The molecule has 0 fully saturated rings. The Kier molecular flexibility index (Phi) is 3.16. The van der Waals surface area contributed by atoms with Gasteiger partial charge in [-0.25, -0.2) is 0 Å². The van der Waals surface area contributed by atoms with E-state index >= 15 is 0 Å². The van der Waals surface area contributed by atoms with Crippen LogP contribution in [0.25, 0.3) is 0 Å². The van der Waals surface area contributed by atoms with Gasteiger partial charge in [0, 0.05) is 11.4 Å². The van der Waals surface area contributed by atoms with Gasteiger partial charge in [0.05, 0.1) is 0 Å². The smallest absolute Gasteiger partial charge is 0.423 e. The molecule has 0 aromatic heterocycles. The van der Waals surface area contributed by atoms with Crippen LogP contribution < -0.4 is 11.2 Å². The molecular weight excluding hydrogens is 173 g/mol. The number of nitrogens with two attached hydrogens (primary N) is 1. The molecule has 5 heteroatoms. The van der Waals surface area contributed by atoms with Crippen LogP contribution in [0.5, 0.6) is 0 Å². The number of thiol groups is 1. The molecule has 0 saturated heterocycles. The Bertz CT molecular complexity index is 280. The molecule has 0 spiro atoms. The van der Waals surface area contributed by atoms with Crippen LogP contribution in [0.4, 0.5) is 0 Å². The van der Waals surface area contributed by atoms with E-state index in [1.807, 2.05) is 0 Å². The second-order valence-corrected chi connectivity index (χ2v) is 3.03. The Morgan fingerprint density at radius 1 is 1.33 bits per heavy atom. The van der Waals surface area contributed by atoms with Gasteiger partial charge >= 0.3 is 7.12 Å². The molecule has 0 aliphatic carbocycles. The molecule has 0 radical (unpaired) electrons. The minimum Gasteiger partial charge on any atom is -0.423 e. The molecular formula is C7H10BNO2S. The predicted molar refractivity (Wildman–Crippen MR) is 51.4 cm³/mol. The van der Waals surface area contributed by atoms with Crippen molar-refractivity contribution >= 4 is 25.2 Å². The molecule has 64 valence electrons. The second kappa shape index (κ2) is 3.95. The van der Waals surface area contributed by atoms with E-state index in [-0.39, 0.29) is 0 Å². The van der Waals surface area contributed by atoms with Crippen molar-refractivity contribution in [2.45, 2.75) is 11.4 Å². The fraction of sp³-hybridized carbons (Fsp3) is 0.143. The molecule has 1 rings (SSSR count). The fourth-order valence-corrected chi connectivity index (χ4v) is 1.28. The summed E-state index contributed by atoms with van der Waals surface area (Å²) in [4.78, 5) is 0.682. The highest BCUT2D eigenvalue weighted by Crippen LogP contribution is 2.06. The molecule has 12 heavy (non-hydrogen) atoms. The van der Waals surface area contributed by atoms with Crippen LogP contribution in [0.3, 0.4) is 0 Å². The van der Waals surface area contributed by atoms with E-state index in [4.69, 9.17) is 15.8 Å². The van der Waals surface area contributed by atoms with E-state index in [1.165, 1.54) is 0 Å². The molecule has 0 amide bonds. The summed E-state index contributed by atoms with van der Waals surface area (Å²) in [6.45, 7) is 0.369. The Labute approximate surface area is 76.8 Å². The van der Waals surface area contributed by atoms with Gasteiger partial charge in [0.1, 0.15) is 0 Å². The molecule has 3 nitrogen and oxygen atoms in total. The Morgan fingerprint density at radius 2 is 2.00 bits per heavy atom. The first kappa shape index (κ1) is 9.60. The maximum absolute atomic E-state index is 8.85. The maximum atomic E-state index is 8.85. The third kappa shape index (κ3) is 2.25. The molecule has 0 bridgehead atoms. The topological polar surface area (TPSA) is 66.5 Å². The van der Waals surface area contributed by atoms with Crippen molar-refractivity contribution in [1.29, 1.82) is 0 Å². The van der Waals surface area contributed by atoms with Crippen LogP contribution in [0.1, 0.15) is 5.56 Å². The first-order valence-corrected chi connectivity index (χ1v) is 3.97. The van der Waals surface area contributed by atoms with Gasteiger partial charge in [-0.1, -0.05) is 6.07 Å². The van der Waals surface area contributed by atoms with Crippen LogP contribution in [0.2, 0.25) is 0 Å². The first-order chi connectivity index (χ1) is 5.63. The largest absolute Gasteiger partial charge is 0.488 e. The van der Waals surface area contributed by atoms with Gasteiger partial charge in [-0.2, -0.15) is 0 Å². The average Bonchev–Trinajstić information content (AvgIpc) is 2.03. The van der Waals surface area contributed by atoms with Crippen molar-refractivity contribution in [3.05, 3.63) is 23.8 Å². The van der Waals surface area contributed by atoms with Crippen molar-refractivity contribution in [3.63, 3.8) is 0 Å². The lowest BCUT2D eigenvalue weighted by Crippen LogP contribution is -2.30. The van der Waals surface area contributed by atoms with Crippen LogP contribution in [0, 0.1) is 0 Å². The lowest BCUT2D eigenvalue weighted by Gasteiger charge is -2.03. The monoisotopic (exact) mass is 183 g/mol. The Morgan fingerprint density at radius 3 is 2.50 bits per heavy atom. The number of rotatable bonds is 2. The highest BCUT2D eigenvalue weighted by molar-refractivity contribution is 7.80. The van der Waals surface area contributed by atoms with Crippen molar-refractivity contribution in [3.8, 4) is 0 Å². The molecule has 0 saturated carbocycles. The van der Waals surface area contributed by atoms with E-state index in [0.717, 1.165) is 5.56 Å². The van der Waals surface area contributed by atoms with Crippen molar-refractivity contribution in [1.82, 2.24) is 0 Å². The normalized spacial score (nSPS) is 10.0. The van der Waals surface area contributed by atoms with Crippen molar-refractivity contribution < 1.29 is 10.0 Å². The lowest BCUT2D eigenvalue weighted by atomic mass is 9.79. The van der Waals surface area contributed by atoms with Gasteiger partial charge in [-0.15, -0.1) is 12.6 Å². The zero-order valence-corrected chi connectivity index (χ0v) is 7.33. The van der Waals surface area contributed by atoms with E-state index in [9.17, 15) is 0 Å². The molecule has 0 atom stereocenters. The minimum atomic E-state index is -1.46. The lowest BCUT2D eigenvalue weighted by molar-refractivity contribution is 0.425. The first-order valence-electron chi connectivity index (χ1n) is 3.52. The summed E-state index contributed by atoms with van der Waals surface area (Å²) in [5.41, 5.74) is 6.65. The van der Waals surface area contributed by atoms with Gasteiger partial charge in [-0.05, 0) is 23.2 Å². The zero-order valence-electron chi connectivity index (χ0n) is 6.44. The zero-order chi connectivity index (χ0) is 9.14. The van der Waals surface area contributed by atoms with Gasteiger partial charge in [-0.3, -0.25) is 0 Å². The fourth-order valence-electron chi connectivity index (χ4n) is 0.967. The molecule has 1 aromatic rings. The summed E-state index contributed by atoms with van der Waals surface area (Å²) in [5.74, 6) is 0. The number of hydrogen-bond donors (Lipinski definition) is 4. The number of benzene rings is 1. The summed E-state index contributed by atoms with van der Waals surface area (Å²) in [7, 11) is -1.46. The van der Waals surface area contributed by atoms with E-state index in [0.29, 0.717) is 16.9 Å². The highest BCUT2D eigenvalue weighted by atomic mass is 32.1. The SMILES string of the molecule is NCc1cc(S)cc(B(O)O)c1. The summed E-state index contributed by atoms with van der Waals surface area (Å²) >= 11 is 4.09. The summed E-state index contributed by atoms with van der Waals surface area (Å²) in [5, 5.41) is 17.7. The van der Waals surface area contributed by atoms with Gasteiger partial charge in [0.15, 0.2) is 0 Å². The van der Waals surface area contributed by atoms with Crippen LogP contribution >= 0.6 is 12.6 Å². The summed E-state index contributed by atoms with van der Waals surface area (Å²) in [6.07, 6.45) is 0. The Balaban J connectivity index is 3.06. The molecule has 4 N–H and O–H groups in total. The predicted octanol–water partition coefficient (Wildman–Crippen LogP) is -0.886. The van der Waals surface area contributed by atoms with Gasteiger partial charge < -0.3 is 15.8 Å². The second-order valence-electron chi connectivity index (χ2n) is 2.51.